The zero-order chi connectivity index (χ0) is 18.4. The van der Waals surface area contributed by atoms with Crippen molar-refractivity contribution in [3.05, 3.63) is 65.2 Å². The number of ether oxygens (including phenoxy) is 2. The number of rotatable bonds is 7. The fourth-order valence-electron chi connectivity index (χ4n) is 2.39. The van der Waals surface area contributed by atoms with Gasteiger partial charge in [-0.2, -0.15) is 0 Å². The van der Waals surface area contributed by atoms with Crippen LogP contribution in [0.5, 0.6) is 11.5 Å². The number of thiophene rings is 1. The number of methoxy groups -OCH3 is 2. The summed E-state index contributed by atoms with van der Waals surface area (Å²) in [5.74, 6) is 2.58. The number of furan rings is 1. The van der Waals surface area contributed by atoms with E-state index in [9.17, 15) is 4.79 Å². The SMILES string of the molecule is COc1ccc(C=CC(=O)NCc2ccc(-c3cccs3)o2)cc1OC. The van der Waals surface area contributed by atoms with E-state index in [0.29, 0.717) is 23.8 Å². The van der Waals surface area contributed by atoms with E-state index in [0.717, 1.165) is 16.2 Å². The van der Waals surface area contributed by atoms with Crippen molar-refractivity contribution in [1.82, 2.24) is 5.32 Å². The van der Waals surface area contributed by atoms with E-state index in [-0.39, 0.29) is 5.91 Å². The van der Waals surface area contributed by atoms with E-state index in [4.69, 9.17) is 13.9 Å². The molecule has 1 amide bonds. The maximum atomic E-state index is 12.0. The highest BCUT2D eigenvalue weighted by Crippen LogP contribution is 2.28. The minimum absolute atomic E-state index is 0.200. The molecule has 2 aromatic heterocycles. The molecule has 3 aromatic rings. The van der Waals surface area contributed by atoms with Crippen LogP contribution in [0.15, 0.2) is 58.3 Å². The van der Waals surface area contributed by atoms with E-state index < -0.39 is 0 Å². The molecule has 0 radical (unpaired) electrons. The molecule has 0 aliphatic rings. The van der Waals surface area contributed by atoms with Gasteiger partial charge in [0.1, 0.15) is 11.5 Å². The molecule has 0 bridgehead atoms. The lowest BCUT2D eigenvalue weighted by atomic mass is 10.2. The normalized spacial score (nSPS) is 10.8. The second kappa shape index (κ2) is 8.40. The number of hydrogen-bond acceptors (Lipinski definition) is 5. The van der Waals surface area contributed by atoms with E-state index in [1.807, 2.05) is 41.8 Å². The van der Waals surface area contributed by atoms with Crippen molar-refractivity contribution in [3.8, 4) is 22.1 Å². The van der Waals surface area contributed by atoms with Crippen molar-refractivity contribution < 1.29 is 18.7 Å². The Kier molecular flexibility index (Phi) is 5.76. The number of benzene rings is 1. The van der Waals surface area contributed by atoms with Crippen molar-refractivity contribution in [1.29, 1.82) is 0 Å². The lowest BCUT2D eigenvalue weighted by Gasteiger charge is -2.07. The van der Waals surface area contributed by atoms with Gasteiger partial charge >= 0.3 is 0 Å². The van der Waals surface area contributed by atoms with Crippen LogP contribution in [0.25, 0.3) is 16.7 Å². The van der Waals surface area contributed by atoms with Crippen LogP contribution in [0.1, 0.15) is 11.3 Å². The zero-order valence-electron chi connectivity index (χ0n) is 14.5. The summed E-state index contributed by atoms with van der Waals surface area (Å²) in [6, 6.07) is 13.2. The Balaban J connectivity index is 1.56. The van der Waals surface area contributed by atoms with Crippen molar-refractivity contribution >= 4 is 23.3 Å². The number of amides is 1. The molecule has 5 nitrogen and oxygen atoms in total. The van der Waals surface area contributed by atoms with Crippen LogP contribution in [-0.2, 0) is 11.3 Å². The van der Waals surface area contributed by atoms with Crippen LogP contribution in [0, 0.1) is 0 Å². The molecule has 0 spiro atoms. The summed E-state index contributed by atoms with van der Waals surface area (Å²) in [5.41, 5.74) is 0.843. The minimum atomic E-state index is -0.200. The van der Waals surface area contributed by atoms with Gasteiger partial charge in [-0.1, -0.05) is 12.1 Å². The van der Waals surface area contributed by atoms with Gasteiger partial charge in [0.05, 0.1) is 25.6 Å². The Bertz CT molecular complexity index is 896. The largest absolute Gasteiger partial charge is 0.493 e. The first-order valence-electron chi connectivity index (χ1n) is 8.00. The molecule has 134 valence electrons. The lowest BCUT2D eigenvalue weighted by molar-refractivity contribution is -0.116. The summed E-state index contributed by atoms with van der Waals surface area (Å²) in [7, 11) is 3.16. The Labute approximate surface area is 155 Å². The lowest BCUT2D eigenvalue weighted by Crippen LogP contribution is -2.19. The Hall–Kier alpha value is -2.99. The van der Waals surface area contributed by atoms with Gasteiger partial charge in [-0.25, -0.2) is 0 Å². The molecule has 0 saturated carbocycles. The summed E-state index contributed by atoms with van der Waals surface area (Å²) in [6.07, 6.45) is 3.20. The van der Waals surface area contributed by atoms with Crippen molar-refractivity contribution in [3.63, 3.8) is 0 Å². The van der Waals surface area contributed by atoms with Crippen molar-refractivity contribution in [2.24, 2.45) is 0 Å². The summed E-state index contributed by atoms with van der Waals surface area (Å²) in [4.78, 5) is 13.1. The summed E-state index contributed by atoms with van der Waals surface area (Å²) in [6.45, 7) is 0.334. The second-order valence-corrected chi connectivity index (χ2v) is 6.36. The monoisotopic (exact) mass is 369 g/mol. The maximum Gasteiger partial charge on any atom is 0.244 e. The maximum absolute atomic E-state index is 12.0. The first-order chi connectivity index (χ1) is 12.7. The van der Waals surface area contributed by atoms with Gasteiger partial charge in [-0.15, -0.1) is 11.3 Å². The molecule has 0 aliphatic heterocycles. The molecule has 3 rings (SSSR count). The highest BCUT2D eigenvalue weighted by atomic mass is 32.1. The molecule has 26 heavy (non-hydrogen) atoms. The highest BCUT2D eigenvalue weighted by Gasteiger charge is 2.07. The molecule has 6 heteroatoms. The summed E-state index contributed by atoms with van der Waals surface area (Å²) in [5, 5.41) is 4.81. The van der Waals surface area contributed by atoms with E-state index in [2.05, 4.69) is 5.32 Å². The van der Waals surface area contributed by atoms with Gasteiger partial charge in [0.15, 0.2) is 11.5 Å². The molecule has 2 heterocycles. The van der Waals surface area contributed by atoms with Crippen molar-refractivity contribution in [2.45, 2.75) is 6.54 Å². The average Bonchev–Trinajstić information content (AvgIpc) is 3.35. The molecule has 0 aliphatic carbocycles. The third-order valence-electron chi connectivity index (χ3n) is 3.70. The quantitative estimate of drug-likeness (QED) is 0.629. The van der Waals surface area contributed by atoms with E-state index >= 15 is 0 Å². The fourth-order valence-corrected chi connectivity index (χ4v) is 3.07. The Morgan fingerprint density at radius 1 is 1.15 bits per heavy atom. The third kappa shape index (κ3) is 4.34. The standard InChI is InChI=1S/C20H19NO4S/c1-23-16-8-5-14(12-18(16)24-2)6-10-20(22)21-13-15-7-9-17(25-15)19-4-3-11-26-19/h3-12H,13H2,1-2H3,(H,21,22). The third-order valence-corrected chi connectivity index (χ3v) is 4.58. The fraction of sp³-hybridized carbons (Fsp3) is 0.150. The van der Waals surface area contributed by atoms with Crippen LogP contribution in [0.2, 0.25) is 0 Å². The molecule has 1 N–H and O–H groups in total. The van der Waals surface area contributed by atoms with Crippen LogP contribution in [0.3, 0.4) is 0 Å². The Morgan fingerprint density at radius 2 is 2.00 bits per heavy atom. The van der Waals surface area contributed by atoms with Gasteiger partial charge in [0, 0.05) is 6.08 Å². The number of nitrogens with one attached hydrogen (secondary N) is 1. The molecule has 1 aromatic carbocycles. The molecule has 0 unspecified atom stereocenters. The predicted molar refractivity (Wildman–Crippen MR) is 102 cm³/mol. The topological polar surface area (TPSA) is 60.7 Å². The average molecular weight is 369 g/mol. The van der Waals surface area contributed by atoms with Gasteiger partial charge in [-0.3, -0.25) is 4.79 Å². The number of carbonyl (C=O) groups is 1. The smallest absolute Gasteiger partial charge is 0.244 e. The summed E-state index contributed by atoms with van der Waals surface area (Å²) >= 11 is 1.61. The predicted octanol–water partition coefficient (Wildman–Crippen LogP) is 4.35. The minimum Gasteiger partial charge on any atom is -0.493 e. The second-order valence-electron chi connectivity index (χ2n) is 5.41. The van der Waals surface area contributed by atoms with Crippen LogP contribution in [-0.4, -0.2) is 20.1 Å². The van der Waals surface area contributed by atoms with Gasteiger partial charge in [0.25, 0.3) is 0 Å². The number of carbonyl (C=O) groups excluding carboxylic acids is 1. The first kappa shape index (κ1) is 17.8. The van der Waals surface area contributed by atoms with E-state index in [1.54, 1.807) is 37.7 Å². The van der Waals surface area contributed by atoms with E-state index in [1.165, 1.54) is 6.08 Å². The van der Waals surface area contributed by atoms with Crippen molar-refractivity contribution in [2.75, 3.05) is 14.2 Å². The van der Waals surface area contributed by atoms with Crippen LogP contribution < -0.4 is 14.8 Å². The molecular formula is C20H19NO4S. The van der Waals surface area contributed by atoms with Gasteiger partial charge in [-0.05, 0) is 47.4 Å². The summed E-state index contributed by atoms with van der Waals surface area (Å²) < 4.78 is 16.2. The highest BCUT2D eigenvalue weighted by molar-refractivity contribution is 7.13. The zero-order valence-corrected chi connectivity index (χ0v) is 15.3. The number of hydrogen-bond donors (Lipinski definition) is 1. The van der Waals surface area contributed by atoms with Crippen LogP contribution in [0.4, 0.5) is 0 Å². The van der Waals surface area contributed by atoms with Crippen LogP contribution >= 0.6 is 11.3 Å². The van der Waals surface area contributed by atoms with Gasteiger partial charge < -0.3 is 19.2 Å². The molecule has 0 atom stereocenters. The first-order valence-corrected chi connectivity index (χ1v) is 8.88. The molecular weight excluding hydrogens is 350 g/mol. The molecule has 0 fully saturated rings. The molecule has 0 saturated heterocycles. The Morgan fingerprint density at radius 3 is 2.73 bits per heavy atom. The van der Waals surface area contributed by atoms with Gasteiger partial charge in [0.2, 0.25) is 5.91 Å².